The number of primary amides is 1. The number of fused-ring (bicyclic) bond motifs is 1. The number of nitrogens with two attached hydrogens (primary N) is 1. The molecule has 1 aromatic rings. The molecule has 5 nitrogen and oxygen atoms in total. The highest BCUT2D eigenvalue weighted by molar-refractivity contribution is 5.92. The molecule has 1 aliphatic rings. The Morgan fingerprint density at radius 2 is 2.25 bits per heavy atom. The molecule has 2 N–H and O–H groups in total. The van der Waals surface area contributed by atoms with Crippen LogP contribution in [0.25, 0.3) is 6.08 Å². The maximum Gasteiger partial charge on any atom is 0.269 e. The van der Waals surface area contributed by atoms with Gasteiger partial charge in [0.1, 0.15) is 5.82 Å². The number of likely N-dealkylation sites (N-methyl/N-ethyl adjacent to an activating group) is 1. The van der Waals surface area contributed by atoms with E-state index in [2.05, 4.69) is 14.5 Å². The molecule has 0 atom stereocenters. The fourth-order valence-electron chi connectivity index (χ4n) is 1.99. The van der Waals surface area contributed by atoms with Crippen LogP contribution < -0.4 is 5.73 Å². The van der Waals surface area contributed by atoms with Gasteiger partial charge in [-0.05, 0) is 20.0 Å². The monoisotopic (exact) mass is 220 g/mol. The van der Waals surface area contributed by atoms with Crippen LogP contribution in [-0.4, -0.2) is 34.0 Å². The van der Waals surface area contributed by atoms with E-state index in [-0.39, 0.29) is 0 Å². The minimum absolute atomic E-state index is 0.402. The lowest BCUT2D eigenvalue weighted by atomic mass is 10.2. The van der Waals surface area contributed by atoms with Crippen LogP contribution in [0.15, 0.2) is 6.08 Å². The van der Waals surface area contributed by atoms with Crippen molar-refractivity contribution < 1.29 is 4.79 Å². The molecule has 2 heterocycles. The molecule has 86 valence electrons. The summed E-state index contributed by atoms with van der Waals surface area (Å²) in [7, 11) is 2.02. The van der Waals surface area contributed by atoms with Crippen LogP contribution in [0.3, 0.4) is 0 Å². The lowest BCUT2D eigenvalue weighted by Crippen LogP contribution is -2.32. The Morgan fingerprint density at radius 1 is 1.50 bits per heavy atom. The third kappa shape index (κ3) is 1.74. The zero-order valence-electron chi connectivity index (χ0n) is 9.60. The number of aromatic nitrogens is 2. The van der Waals surface area contributed by atoms with Crippen LogP contribution in [0, 0.1) is 0 Å². The van der Waals surface area contributed by atoms with Crippen molar-refractivity contribution in [1.29, 1.82) is 0 Å². The smallest absolute Gasteiger partial charge is 0.269 e. The van der Waals surface area contributed by atoms with Crippen molar-refractivity contribution in [1.82, 2.24) is 14.5 Å². The van der Waals surface area contributed by atoms with Crippen molar-refractivity contribution in [2.75, 3.05) is 13.6 Å². The summed E-state index contributed by atoms with van der Waals surface area (Å²) >= 11 is 0. The molecule has 0 aliphatic carbocycles. The van der Waals surface area contributed by atoms with Gasteiger partial charge in [-0.1, -0.05) is 6.08 Å². The molecule has 1 aliphatic heterocycles. The van der Waals surface area contributed by atoms with Gasteiger partial charge < -0.3 is 10.3 Å². The predicted octanol–water partition coefficient (Wildman–Crippen LogP) is 0.461. The van der Waals surface area contributed by atoms with E-state index in [9.17, 15) is 4.79 Å². The highest BCUT2D eigenvalue weighted by atomic mass is 16.1. The molecule has 2 rings (SSSR count). The van der Waals surface area contributed by atoms with Gasteiger partial charge in [-0.15, -0.1) is 0 Å². The molecule has 1 aromatic heterocycles. The summed E-state index contributed by atoms with van der Waals surface area (Å²) in [5, 5.41) is 0. The zero-order valence-corrected chi connectivity index (χ0v) is 9.60. The summed E-state index contributed by atoms with van der Waals surface area (Å²) in [6.45, 7) is 4.47. The number of carbonyl (C=O) groups is 1. The first-order valence-electron chi connectivity index (χ1n) is 5.34. The van der Waals surface area contributed by atoms with E-state index in [1.807, 2.05) is 26.1 Å². The van der Waals surface area contributed by atoms with E-state index in [0.29, 0.717) is 5.69 Å². The summed E-state index contributed by atoms with van der Waals surface area (Å²) in [6.07, 6.45) is 3.82. The van der Waals surface area contributed by atoms with Gasteiger partial charge in [-0.2, -0.15) is 0 Å². The molecule has 5 heteroatoms. The number of hydrogen-bond donors (Lipinski definition) is 1. The second-order valence-corrected chi connectivity index (χ2v) is 4.02. The van der Waals surface area contributed by atoms with Gasteiger partial charge in [-0.25, -0.2) is 4.98 Å². The van der Waals surface area contributed by atoms with Gasteiger partial charge in [0.05, 0.1) is 5.69 Å². The second-order valence-electron chi connectivity index (χ2n) is 4.02. The molecule has 0 fully saturated rings. The van der Waals surface area contributed by atoms with E-state index < -0.39 is 5.91 Å². The van der Waals surface area contributed by atoms with Gasteiger partial charge >= 0.3 is 0 Å². The third-order valence-electron chi connectivity index (χ3n) is 2.78. The summed E-state index contributed by atoms with van der Waals surface area (Å²) in [5.74, 6) is 0.370. The van der Waals surface area contributed by atoms with E-state index in [1.54, 1.807) is 0 Å². The SMILES string of the molecule is C/C=C/c1nc(C(N)=O)c2n1CCN(C)C2. The minimum atomic E-state index is -0.449. The predicted molar refractivity (Wildman–Crippen MR) is 61.8 cm³/mol. The van der Waals surface area contributed by atoms with Crippen LogP contribution in [0.5, 0.6) is 0 Å². The molecule has 0 spiro atoms. The summed E-state index contributed by atoms with van der Waals surface area (Å²) < 4.78 is 2.07. The van der Waals surface area contributed by atoms with Crippen LogP contribution in [-0.2, 0) is 13.1 Å². The van der Waals surface area contributed by atoms with Gasteiger partial charge in [-0.3, -0.25) is 9.69 Å². The largest absolute Gasteiger partial charge is 0.364 e. The molecular formula is C11H16N4O. The van der Waals surface area contributed by atoms with Crippen molar-refractivity contribution in [3.05, 3.63) is 23.3 Å². The molecule has 0 radical (unpaired) electrons. The number of rotatable bonds is 2. The van der Waals surface area contributed by atoms with Crippen molar-refractivity contribution in [2.45, 2.75) is 20.0 Å². The van der Waals surface area contributed by atoms with Crippen molar-refractivity contribution in [3.63, 3.8) is 0 Å². The Labute approximate surface area is 94.6 Å². The molecule has 0 saturated carbocycles. The first-order valence-corrected chi connectivity index (χ1v) is 5.34. The van der Waals surface area contributed by atoms with Gasteiger partial charge in [0, 0.05) is 19.6 Å². The number of hydrogen-bond acceptors (Lipinski definition) is 3. The Bertz CT molecular complexity index is 447. The standard InChI is InChI=1S/C11H16N4O/c1-3-4-9-13-10(11(12)16)8-7-14(2)5-6-15(8)9/h3-4H,5-7H2,1-2H3,(H2,12,16)/b4-3+. The Kier molecular flexibility index (Phi) is 2.78. The fourth-order valence-corrected chi connectivity index (χ4v) is 1.99. The summed E-state index contributed by atoms with van der Waals surface area (Å²) in [4.78, 5) is 17.7. The minimum Gasteiger partial charge on any atom is -0.364 e. The van der Waals surface area contributed by atoms with Crippen molar-refractivity contribution >= 4 is 12.0 Å². The summed E-state index contributed by atoms with van der Waals surface area (Å²) in [5.41, 5.74) is 6.66. The molecular weight excluding hydrogens is 204 g/mol. The highest BCUT2D eigenvalue weighted by Gasteiger charge is 2.23. The first-order chi connectivity index (χ1) is 7.63. The quantitative estimate of drug-likeness (QED) is 0.787. The number of amides is 1. The van der Waals surface area contributed by atoms with Gasteiger partial charge in [0.15, 0.2) is 5.69 Å². The first kappa shape index (κ1) is 10.9. The van der Waals surface area contributed by atoms with Crippen LogP contribution in [0.1, 0.15) is 28.9 Å². The lowest BCUT2D eigenvalue weighted by molar-refractivity contribution is 0.0993. The number of nitrogens with zero attached hydrogens (tertiary/aromatic N) is 3. The third-order valence-corrected chi connectivity index (χ3v) is 2.78. The average Bonchev–Trinajstić information content (AvgIpc) is 2.57. The van der Waals surface area contributed by atoms with Crippen LogP contribution >= 0.6 is 0 Å². The number of allylic oxidation sites excluding steroid dienone is 1. The normalized spacial score (nSPS) is 16.6. The topological polar surface area (TPSA) is 64.1 Å². The van der Waals surface area contributed by atoms with Crippen LogP contribution in [0.4, 0.5) is 0 Å². The van der Waals surface area contributed by atoms with Gasteiger partial charge in [0.25, 0.3) is 5.91 Å². The van der Waals surface area contributed by atoms with E-state index in [0.717, 1.165) is 31.2 Å². The van der Waals surface area contributed by atoms with E-state index >= 15 is 0 Å². The van der Waals surface area contributed by atoms with E-state index in [4.69, 9.17) is 5.73 Å². The maximum absolute atomic E-state index is 11.3. The zero-order chi connectivity index (χ0) is 11.7. The highest BCUT2D eigenvalue weighted by Crippen LogP contribution is 2.19. The molecule has 0 saturated heterocycles. The van der Waals surface area contributed by atoms with E-state index in [1.165, 1.54) is 0 Å². The molecule has 16 heavy (non-hydrogen) atoms. The molecule has 0 aromatic carbocycles. The summed E-state index contributed by atoms with van der Waals surface area (Å²) in [6, 6.07) is 0. The maximum atomic E-state index is 11.3. The van der Waals surface area contributed by atoms with Crippen LogP contribution in [0.2, 0.25) is 0 Å². The number of imidazole rings is 1. The number of carbonyl (C=O) groups excluding carboxylic acids is 1. The Hall–Kier alpha value is -1.62. The van der Waals surface area contributed by atoms with Crippen molar-refractivity contribution in [3.8, 4) is 0 Å². The fraction of sp³-hybridized carbons (Fsp3) is 0.455. The second kappa shape index (κ2) is 4.09. The Balaban J connectivity index is 2.52. The molecule has 0 unspecified atom stereocenters. The van der Waals surface area contributed by atoms with Gasteiger partial charge in [0.2, 0.25) is 0 Å². The molecule has 1 amide bonds. The van der Waals surface area contributed by atoms with Crippen molar-refractivity contribution in [2.24, 2.45) is 5.73 Å². The lowest BCUT2D eigenvalue weighted by Gasteiger charge is -2.25. The average molecular weight is 220 g/mol. The molecule has 0 bridgehead atoms. The Morgan fingerprint density at radius 3 is 2.88 bits per heavy atom.